The van der Waals surface area contributed by atoms with Gasteiger partial charge in [-0.05, 0) is 51.9 Å². The van der Waals surface area contributed by atoms with Crippen LogP contribution in [0.5, 0.6) is 0 Å². The summed E-state index contributed by atoms with van der Waals surface area (Å²) in [6.45, 7) is 6.62. The van der Waals surface area contributed by atoms with E-state index in [0.29, 0.717) is 12.0 Å². The van der Waals surface area contributed by atoms with Gasteiger partial charge in [0.2, 0.25) is 0 Å². The van der Waals surface area contributed by atoms with Crippen LogP contribution in [0.15, 0.2) is 0 Å². The van der Waals surface area contributed by atoms with Gasteiger partial charge in [-0.15, -0.1) is 0 Å². The fourth-order valence-corrected chi connectivity index (χ4v) is 1.98. The van der Waals surface area contributed by atoms with Gasteiger partial charge < -0.3 is 16.0 Å². The lowest BCUT2D eigenvalue weighted by molar-refractivity contribution is 0.225. The average molecular weight is 199 g/mol. The molecule has 1 fully saturated rings. The van der Waals surface area contributed by atoms with Crippen molar-refractivity contribution < 1.29 is 0 Å². The third-order valence-corrected chi connectivity index (χ3v) is 3.10. The van der Waals surface area contributed by atoms with Crippen LogP contribution >= 0.6 is 0 Å². The summed E-state index contributed by atoms with van der Waals surface area (Å²) >= 11 is 0. The molecular weight excluding hydrogens is 174 g/mol. The van der Waals surface area contributed by atoms with Crippen molar-refractivity contribution in [3.63, 3.8) is 0 Å². The maximum absolute atomic E-state index is 5.58. The highest BCUT2D eigenvalue weighted by atomic mass is 15.1. The minimum Gasteiger partial charge on any atom is -0.330 e. The zero-order valence-electron chi connectivity index (χ0n) is 9.63. The number of nitrogens with zero attached hydrogens (tertiary/aromatic N) is 1. The Kier molecular flexibility index (Phi) is 5.45. The van der Waals surface area contributed by atoms with E-state index >= 15 is 0 Å². The van der Waals surface area contributed by atoms with Crippen LogP contribution in [0, 0.1) is 5.92 Å². The fourth-order valence-electron chi connectivity index (χ4n) is 1.98. The normalized spacial score (nSPS) is 26.4. The van der Waals surface area contributed by atoms with E-state index in [4.69, 9.17) is 5.73 Å². The highest BCUT2D eigenvalue weighted by Gasteiger charge is 2.15. The molecule has 0 aliphatic carbocycles. The molecule has 0 radical (unpaired) electrons. The van der Waals surface area contributed by atoms with Gasteiger partial charge in [-0.3, -0.25) is 0 Å². The molecule has 0 aromatic rings. The van der Waals surface area contributed by atoms with Gasteiger partial charge in [0.1, 0.15) is 0 Å². The summed E-state index contributed by atoms with van der Waals surface area (Å²) in [7, 11) is 2.20. The number of nitrogens with two attached hydrogens (primary N) is 1. The molecule has 2 unspecified atom stereocenters. The molecule has 14 heavy (non-hydrogen) atoms. The number of likely N-dealkylation sites (tertiary alicyclic amines) is 1. The zero-order chi connectivity index (χ0) is 10.4. The number of likely N-dealkylation sites (N-methyl/N-ethyl adjacent to an activating group) is 1. The molecule has 1 rings (SSSR count). The molecule has 1 aliphatic rings. The molecule has 0 spiro atoms. The van der Waals surface area contributed by atoms with E-state index in [2.05, 4.69) is 24.2 Å². The van der Waals surface area contributed by atoms with E-state index in [1.54, 1.807) is 0 Å². The third-order valence-electron chi connectivity index (χ3n) is 3.10. The predicted octanol–water partition coefficient (Wildman–Crippen LogP) is 0.655. The molecule has 0 amide bonds. The van der Waals surface area contributed by atoms with Gasteiger partial charge in [0, 0.05) is 12.6 Å². The van der Waals surface area contributed by atoms with Gasteiger partial charge in [-0.1, -0.05) is 6.92 Å². The van der Waals surface area contributed by atoms with Crippen molar-refractivity contribution in [2.75, 3.05) is 33.2 Å². The third kappa shape index (κ3) is 4.40. The van der Waals surface area contributed by atoms with E-state index in [0.717, 1.165) is 13.1 Å². The van der Waals surface area contributed by atoms with Crippen molar-refractivity contribution >= 4 is 0 Å². The molecule has 2 atom stereocenters. The molecule has 0 bridgehead atoms. The van der Waals surface area contributed by atoms with Crippen LogP contribution in [-0.4, -0.2) is 44.2 Å². The first-order valence-corrected chi connectivity index (χ1v) is 5.84. The van der Waals surface area contributed by atoms with Crippen LogP contribution in [0.4, 0.5) is 0 Å². The highest BCUT2D eigenvalue weighted by Crippen LogP contribution is 2.08. The number of hydrogen-bond acceptors (Lipinski definition) is 3. The average Bonchev–Trinajstić information content (AvgIpc) is 2.17. The Morgan fingerprint density at radius 2 is 2.36 bits per heavy atom. The van der Waals surface area contributed by atoms with Crippen molar-refractivity contribution in [3.8, 4) is 0 Å². The van der Waals surface area contributed by atoms with Gasteiger partial charge in [-0.25, -0.2) is 0 Å². The SMILES string of the molecule is CC(CN)CCNC1CCCN(C)C1. The second-order valence-electron chi connectivity index (χ2n) is 4.69. The summed E-state index contributed by atoms with van der Waals surface area (Å²) in [4.78, 5) is 2.41. The van der Waals surface area contributed by atoms with Crippen molar-refractivity contribution in [1.82, 2.24) is 10.2 Å². The summed E-state index contributed by atoms with van der Waals surface area (Å²) in [5.74, 6) is 0.656. The van der Waals surface area contributed by atoms with E-state index in [1.807, 2.05) is 0 Å². The van der Waals surface area contributed by atoms with Crippen LogP contribution in [0.3, 0.4) is 0 Å². The second kappa shape index (κ2) is 6.38. The summed E-state index contributed by atoms with van der Waals surface area (Å²) in [5.41, 5.74) is 5.58. The number of hydrogen-bond donors (Lipinski definition) is 2. The Morgan fingerprint density at radius 3 is 3.00 bits per heavy atom. The summed E-state index contributed by atoms with van der Waals surface area (Å²) < 4.78 is 0. The lowest BCUT2D eigenvalue weighted by Gasteiger charge is -2.30. The molecule has 3 heteroatoms. The smallest absolute Gasteiger partial charge is 0.0195 e. The van der Waals surface area contributed by atoms with E-state index in [9.17, 15) is 0 Å². The predicted molar refractivity (Wildman–Crippen MR) is 61.4 cm³/mol. The van der Waals surface area contributed by atoms with Crippen molar-refractivity contribution in [2.24, 2.45) is 11.7 Å². The lowest BCUT2D eigenvalue weighted by Crippen LogP contribution is -2.44. The second-order valence-corrected chi connectivity index (χ2v) is 4.69. The monoisotopic (exact) mass is 199 g/mol. The van der Waals surface area contributed by atoms with E-state index in [1.165, 1.54) is 32.4 Å². The molecule has 84 valence electrons. The van der Waals surface area contributed by atoms with Crippen LogP contribution in [-0.2, 0) is 0 Å². The Morgan fingerprint density at radius 1 is 1.57 bits per heavy atom. The molecular formula is C11H25N3. The van der Waals surface area contributed by atoms with E-state index in [-0.39, 0.29) is 0 Å². The molecule has 1 heterocycles. The molecule has 1 saturated heterocycles. The van der Waals surface area contributed by atoms with Gasteiger partial charge in [0.05, 0.1) is 0 Å². The number of rotatable bonds is 5. The molecule has 0 aromatic heterocycles. The van der Waals surface area contributed by atoms with Gasteiger partial charge in [0.25, 0.3) is 0 Å². The lowest BCUT2D eigenvalue weighted by atomic mass is 10.0. The first-order valence-electron chi connectivity index (χ1n) is 5.84. The molecule has 3 N–H and O–H groups in total. The maximum atomic E-state index is 5.58. The highest BCUT2D eigenvalue weighted by molar-refractivity contribution is 4.76. The van der Waals surface area contributed by atoms with Crippen molar-refractivity contribution in [1.29, 1.82) is 0 Å². The summed E-state index contributed by atoms with van der Waals surface area (Å²) in [6.07, 6.45) is 3.87. The quantitative estimate of drug-likeness (QED) is 0.683. The number of nitrogens with one attached hydrogen (secondary N) is 1. The van der Waals surface area contributed by atoms with Crippen LogP contribution in [0.2, 0.25) is 0 Å². The van der Waals surface area contributed by atoms with Gasteiger partial charge in [-0.2, -0.15) is 0 Å². The zero-order valence-corrected chi connectivity index (χ0v) is 9.63. The first kappa shape index (κ1) is 12.0. The summed E-state index contributed by atoms with van der Waals surface area (Å²) in [5, 5.41) is 3.62. The Hall–Kier alpha value is -0.120. The fraction of sp³-hybridized carbons (Fsp3) is 1.00. The summed E-state index contributed by atoms with van der Waals surface area (Å²) in [6, 6.07) is 0.707. The van der Waals surface area contributed by atoms with Gasteiger partial charge in [0.15, 0.2) is 0 Å². The molecule has 0 saturated carbocycles. The molecule has 0 aromatic carbocycles. The number of piperidine rings is 1. The van der Waals surface area contributed by atoms with E-state index < -0.39 is 0 Å². The van der Waals surface area contributed by atoms with Gasteiger partial charge >= 0.3 is 0 Å². The van der Waals surface area contributed by atoms with Crippen LogP contribution < -0.4 is 11.1 Å². The minimum atomic E-state index is 0.656. The molecule has 1 aliphatic heterocycles. The largest absolute Gasteiger partial charge is 0.330 e. The van der Waals surface area contributed by atoms with Crippen LogP contribution in [0.1, 0.15) is 26.2 Å². The van der Waals surface area contributed by atoms with Crippen LogP contribution in [0.25, 0.3) is 0 Å². The molecule has 3 nitrogen and oxygen atoms in total. The Labute approximate surface area is 88.0 Å². The first-order chi connectivity index (χ1) is 6.72. The minimum absolute atomic E-state index is 0.656. The van der Waals surface area contributed by atoms with Crippen molar-refractivity contribution in [3.05, 3.63) is 0 Å². The van der Waals surface area contributed by atoms with Crippen molar-refractivity contribution in [2.45, 2.75) is 32.2 Å². The Balaban J connectivity index is 2.05. The Bertz CT molecular complexity index is 149. The topological polar surface area (TPSA) is 41.3 Å². The standard InChI is InChI=1S/C11H25N3/c1-10(8-12)5-6-13-11-4-3-7-14(2)9-11/h10-11,13H,3-9,12H2,1-2H3. The maximum Gasteiger partial charge on any atom is 0.0195 e.